The third-order valence-electron chi connectivity index (χ3n) is 3.52. The largest absolute Gasteiger partial charge is 0.484 e. The first kappa shape index (κ1) is 18.5. The Kier molecular flexibility index (Phi) is 6.57. The van der Waals surface area contributed by atoms with E-state index in [4.69, 9.17) is 4.74 Å². The van der Waals surface area contributed by atoms with Crippen LogP contribution in [0.25, 0.3) is 0 Å². The van der Waals surface area contributed by atoms with Gasteiger partial charge in [0.05, 0.1) is 0 Å². The summed E-state index contributed by atoms with van der Waals surface area (Å²) in [6, 6.07) is 15.8. The first-order valence-electron chi connectivity index (χ1n) is 8.30. The number of nitrogens with one attached hydrogen (secondary N) is 2. The molecule has 0 saturated carbocycles. The van der Waals surface area contributed by atoms with Gasteiger partial charge in [0, 0.05) is 6.04 Å². The second kappa shape index (κ2) is 8.87. The number of benzene rings is 2. The number of ether oxygens (including phenoxy) is 1. The topological polar surface area (TPSA) is 67.4 Å². The molecule has 2 amide bonds. The van der Waals surface area contributed by atoms with Crippen molar-refractivity contribution in [2.75, 3.05) is 6.61 Å². The zero-order chi connectivity index (χ0) is 18.2. The molecule has 0 spiro atoms. The molecule has 0 aliphatic rings. The van der Waals surface area contributed by atoms with E-state index in [1.165, 1.54) is 0 Å². The van der Waals surface area contributed by atoms with Crippen LogP contribution in [0.1, 0.15) is 31.0 Å². The molecule has 0 aromatic heterocycles. The van der Waals surface area contributed by atoms with Crippen LogP contribution in [0.3, 0.4) is 0 Å². The Hall–Kier alpha value is -2.82. The highest BCUT2D eigenvalue weighted by Gasteiger charge is 2.23. The van der Waals surface area contributed by atoms with Crippen LogP contribution in [0, 0.1) is 6.92 Å². The van der Waals surface area contributed by atoms with E-state index in [1.807, 2.05) is 75.4 Å². The van der Waals surface area contributed by atoms with E-state index in [2.05, 4.69) is 10.6 Å². The summed E-state index contributed by atoms with van der Waals surface area (Å²) < 4.78 is 5.48. The third kappa shape index (κ3) is 5.95. The number of aryl methyl sites for hydroxylation is 1. The van der Waals surface area contributed by atoms with Gasteiger partial charge in [-0.15, -0.1) is 0 Å². The SMILES string of the molecule is Cc1ccc(OCC(=O)N[C@H](C(=O)NC(C)C)c2ccccc2)cc1. The average molecular weight is 340 g/mol. The smallest absolute Gasteiger partial charge is 0.258 e. The summed E-state index contributed by atoms with van der Waals surface area (Å²) in [5.74, 6) is 0.0156. The molecule has 0 saturated heterocycles. The first-order chi connectivity index (χ1) is 12.0. The van der Waals surface area contributed by atoms with Crippen molar-refractivity contribution in [2.45, 2.75) is 32.9 Å². The molecule has 0 unspecified atom stereocenters. The lowest BCUT2D eigenvalue weighted by atomic mass is 10.1. The standard InChI is InChI=1S/C20H24N2O3/c1-14(2)21-20(24)19(16-7-5-4-6-8-16)22-18(23)13-25-17-11-9-15(3)10-12-17/h4-12,14,19H,13H2,1-3H3,(H,21,24)(H,22,23)/t19-/m0/s1. The summed E-state index contributed by atoms with van der Waals surface area (Å²) in [4.78, 5) is 24.7. The lowest BCUT2D eigenvalue weighted by Gasteiger charge is -2.20. The van der Waals surface area contributed by atoms with E-state index >= 15 is 0 Å². The minimum atomic E-state index is -0.752. The highest BCUT2D eigenvalue weighted by atomic mass is 16.5. The molecule has 132 valence electrons. The van der Waals surface area contributed by atoms with E-state index in [0.717, 1.165) is 11.1 Å². The van der Waals surface area contributed by atoms with Crippen molar-refractivity contribution in [1.82, 2.24) is 10.6 Å². The number of hydrogen-bond donors (Lipinski definition) is 2. The Balaban J connectivity index is 2.01. The Labute approximate surface area is 148 Å². The second-order valence-electron chi connectivity index (χ2n) is 6.18. The van der Waals surface area contributed by atoms with Crippen LogP contribution in [0.15, 0.2) is 54.6 Å². The predicted molar refractivity (Wildman–Crippen MR) is 97.3 cm³/mol. The first-order valence-corrected chi connectivity index (χ1v) is 8.30. The molecule has 0 aliphatic carbocycles. The fourth-order valence-corrected chi connectivity index (χ4v) is 2.30. The number of carbonyl (C=O) groups excluding carboxylic acids is 2. The lowest BCUT2D eigenvalue weighted by molar-refractivity contribution is -0.130. The highest BCUT2D eigenvalue weighted by Crippen LogP contribution is 2.14. The Morgan fingerprint density at radius 1 is 0.960 bits per heavy atom. The van der Waals surface area contributed by atoms with Gasteiger partial charge in [-0.25, -0.2) is 0 Å². The van der Waals surface area contributed by atoms with Crippen molar-refractivity contribution in [3.63, 3.8) is 0 Å². The minimum Gasteiger partial charge on any atom is -0.484 e. The molecule has 2 aromatic carbocycles. The maximum absolute atomic E-state index is 12.4. The second-order valence-corrected chi connectivity index (χ2v) is 6.18. The zero-order valence-electron chi connectivity index (χ0n) is 14.8. The van der Waals surface area contributed by atoms with Crippen molar-refractivity contribution >= 4 is 11.8 Å². The molecule has 2 aromatic rings. The summed E-state index contributed by atoms with van der Waals surface area (Å²) in [7, 11) is 0. The van der Waals surface area contributed by atoms with Crippen molar-refractivity contribution in [3.8, 4) is 5.75 Å². The maximum Gasteiger partial charge on any atom is 0.258 e. The molecule has 1 atom stereocenters. The highest BCUT2D eigenvalue weighted by molar-refractivity contribution is 5.89. The van der Waals surface area contributed by atoms with Crippen LogP contribution < -0.4 is 15.4 Å². The van der Waals surface area contributed by atoms with E-state index in [0.29, 0.717) is 5.75 Å². The van der Waals surface area contributed by atoms with Crippen molar-refractivity contribution < 1.29 is 14.3 Å². The Morgan fingerprint density at radius 3 is 2.20 bits per heavy atom. The monoisotopic (exact) mass is 340 g/mol. The summed E-state index contributed by atoms with van der Waals surface area (Å²) in [5.41, 5.74) is 1.84. The molecular formula is C20H24N2O3. The van der Waals surface area contributed by atoms with Gasteiger partial charge in [-0.05, 0) is 38.5 Å². The normalized spacial score (nSPS) is 11.7. The molecule has 2 N–H and O–H groups in total. The van der Waals surface area contributed by atoms with Gasteiger partial charge in [0.15, 0.2) is 6.61 Å². The molecule has 0 radical (unpaired) electrons. The van der Waals surface area contributed by atoms with E-state index in [-0.39, 0.29) is 24.5 Å². The summed E-state index contributed by atoms with van der Waals surface area (Å²) in [6.45, 7) is 5.58. The zero-order valence-corrected chi connectivity index (χ0v) is 14.8. The van der Waals surface area contributed by atoms with Crippen molar-refractivity contribution in [3.05, 3.63) is 65.7 Å². The van der Waals surface area contributed by atoms with Gasteiger partial charge in [-0.2, -0.15) is 0 Å². The Bertz CT molecular complexity index is 697. The number of hydrogen-bond acceptors (Lipinski definition) is 3. The van der Waals surface area contributed by atoms with Crippen molar-refractivity contribution in [1.29, 1.82) is 0 Å². The summed E-state index contributed by atoms with van der Waals surface area (Å²) in [6.07, 6.45) is 0. The van der Waals surface area contributed by atoms with Crippen LogP contribution >= 0.6 is 0 Å². The average Bonchev–Trinajstić information content (AvgIpc) is 2.59. The Morgan fingerprint density at radius 2 is 1.60 bits per heavy atom. The molecule has 2 rings (SSSR count). The van der Waals surface area contributed by atoms with Gasteiger partial charge in [0.25, 0.3) is 5.91 Å². The lowest BCUT2D eigenvalue weighted by Crippen LogP contribution is -2.44. The molecule has 5 heteroatoms. The minimum absolute atomic E-state index is 0.0144. The molecule has 0 aliphatic heterocycles. The summed E-state index contributed by atoms with van der Waals surface area (Å²) >= 11 is 0. The van der Waals surface area contributed by atoms with E-state index in [9.17, 15) is 9.59 Å². The van der Waals surface area contributed by atoms with Crippen LogP contribution in [-0.4, -0.2) is 24.5 Å². The van der Waals surface area contributed by atoms with Crippen LogP contribution in [0.4, 0.5) is 0 Å². The van der Waals surface area contributed by atoms with Gasteiger partial charge in [-0.1, -0.05) is 48.0 Å². The van der Waals surface area contributed by atoms with E-state index in [1.54, 1.807) is 0 Å². The van der Waals surface area contributed by atoms with Crippen LogP contribution in [-0.2, 0) is 9.59 Å². The molecule has 0 bridgehead atoms. The number of amides is 2. The maximum atomic E-state index is 12.4. The van der Waals surface area contributed by atoms with E-state index < -0.39 is 6.04 Å². The fourth-order valence-electron chi connectivity index (χ4n) is 2.30. The van der Waals surface area contributed by atoms with Gasteiger partial charge in [0.1, 0.15) is 11.8 Å². The number of rotatable bonds is 7. The quantitative estimate of drug-likeness (QED) is 0.814. The predicted octanol–water partition coefficient (Wildman–Crippen LogP) is 2.76. The van der Waals surface area contributed by atoms with Gasteiger partial charge >= 0.3 is 0 Å². The van der Waals surface area contributed by atoms with Gasteiger partial charge in [-0.3, -0.25) is 9.59 Å². The molecule has 25 heavy (non-hydrogen) atoms. The summed E-state index contributed by atoms with van der Waals surface area (Å²) in [5, 5.41) is 5.58. The fraction of sp³-hybridized carbons (Fsp3) is 0.300. The molecule has 0 fully saturated rings. The van der Waals surface area contributed by atoms with Crippen LogP contribution in [0.5, 0.6) is 5.75 Å². The molecule has 0 heterocycles. The molecule has 5 nitrogen and oxygen atoms in total. The third-order valence-corrected chi connectivity index (χ3v) is 3.52. The van der Waals surface area contributed by atoms with Gasteiger partial charge in [0.2, 0.25) is 5.91 Å². The van der Waals surface area contributed by atoms with Crippen molar-refractivity contribution in [2.24, 2.45) is 0 Å². The molecular weight excluding hydrogens is 316 g/mol. The van der Waals surface area contributed by atoms with Gasteiger partial charge < -0.3 is 15.4 Å². The van der Waals surface area contributed by atoms with Crippen LogP contribution in [0.2, 0.25) is 0 Å². The number of carbonyl (C=O) groups is 2.